The maximum absolute atomic E-state index is 5.41. The van der Waals surface area contributed by atoms with Gasteiger partial charge in [0.2, 0.25) is 0 Å². The number of rotatable bonds is 3. The van der Waals surface area contributed by atoms with E-state index in [1.807, 2.05) is 12.3 Å². The summed E-state index contributed by atoms with van der Waals surface area (Å²) in [5.41, 5.74) is 2.43. The van der Waals surface area contributed by atoms with E-state index in [0.717, 1.165) is 16.6 Å². The molecule has 2 heterocycles. The number of aromatic amines is 1. The Hall–Kier alpha value is -1.000. The van der Waals surface area contributed by atoms with Gasteiger partial charge in [0.1, 0.15) is 0 Å². The van der Waals surface area contributed by atoms with E-state index in [9.17, 15) is 0 Å². The molecule has 1 aliphatic rings. The van der Waals surface area contributed by atoms with Crippen LogP contribution in [0.25, 0.3) is 11.3 Å². The van der Waals surface area contributed by atoms with E-state index in [4.69, 9.17) is 12.2 Å². The molecule has 1 N–H and O–H groups in total. The highest BCUT2D eigenvalue weighted by Gasteiger charge is 2.18. The summed E-state index contributed by atoms with van der Waals surface area (Å²) in [4.78, 5) is 3.18. The van der Waals surface area contributed by atoms with Gasteiger partial charge in [-0.05, 0) is 36.4 Å². The minimum absolute atomic E-state index is 0.718. The summed E-state index contributed by atoms with van der Waals surface area (Å²) in [7, 11) is 0. The first-order valence-corrected chi connectivity index (χ1v) is 7.75. The van der Waals surface area contributed by atoms with Gasteiger partial charge >= 0.3 is 0 Å². The highest BCUT2D eigenvalue weighted by Crippen LogP contribution is 2.29. The van der Waals surface area contributed by atoms with E-state index in [-0.39, 0.29) is 0 Å². The average molecular weight is 276 g/mol. The van der Waals surface area contributed by atoms with Gasteiger partial charge in [-0.1, -0.05) is 30.3 Å². The van der Waals surface area contributed by atoms with Crippen molar-refractivity contribution in [3.05, 3.63) is 41.3 Å². The Kier molecular flexibility index (Phi) is 3.57. The molecule has 1 saturated heterocycles. The van der Waals surface area contributed by atoms with Gasteiger partial charge in [-0.25, -0.2) is 0 Å². The third kappa shape index (κ3) is 2.40. The number of imidazole rings is 1. The van der Waals surface area contributed by atoms with E-state index in [2.05, 4.69) is 45.6 Å². The van der Waals surface area contributed by atoms with E-state index in [0.29, 0.717) is 0 Å². The lowest BCUT2D eigenvalue weighted by Gasteiger charge is -2.13. The molecule has 2 nitrogen and oxygen atoms in total. The Bertz CT molecular complexity index is 565. The van der Waals surface area contributed by atoms with Gasteiger partial charge in [0, 0.05) is 18.0 Å². The van der Waals surface area contributed by atoms with Crippen LogP contribution in [0.4, 0.5) is 0 Å². The molecule has 0 spiro atoms. The molecule has 3 rings (SSSR count). The number of H-pyrrole nitrogens is 1. The van der Waals surface area contributed by atoms with Gasteiger partial charge in [-0.2, -0.15) is 11.8 Å². The number of aromatic nitrogens is 2. The van der Waals surface area contributed by atoms with Gasteiger partial charge in [0.25, 0.3) is 0 Å². The molecule has 4 heteroatoms. The van der Waals surface area contributed by atoms with Crippen molar-refractivity contribution in [1.29, 1.82) is 0 Å². The number of thioether (sulfide) groups is 1. The molecule has 1 fully saturated rings. The van der Waals surface area contributed by atoms with Crippen LogP contribution in [-0.4, -0.2) is 20.6 Å². The Labute approximate surface area is 116 Å². The van der Waals surface area contributed by atoms with Gasteiger partial charge in [0.15, 0.2) is 4.77 Å². The van der Waals surface area contributed by atoms with Crippen molar-refractivity contribution in [2.75, 3.05) is 5.75 Å². The summed E-state index contributed by atoms with van der Waals surface area (Å²) in [6.07, 6.45) is 4.68. The first-order chi connectivity index (χ1) is 8.84. The molecule has 1 unspecified atom stereocenters. The van der Waals surface area contributed by atoms with Gasteiger partial charge in [-0.3, -0.25) is 0 Å². The van der Waals surface area contributed by atoms with Crippen molar-refractivity contribution in [2.45, 2.75) is 24.6 Å². The Balaban J connectivity index is 1.93. The van der Waals surface area contributed by atoms with E-state index in [1.165, 1.54) is 29.9 Å². The van der Waals surface area contributed by atoms with Crippen LogP contribution in [0.1, 0.15) is 12.8 Å². The average Bonchev–Trinajstić information content (AvgIpc) is 3.03. The van der Waals surface area contributed by atoms with Crippen LogP contribution >= 0.6 is 24.0 Å². The maximum Gasteiger partial charge on any atom is 0.177 e. The largest absolute Gasteiger partial charge is 0.337 e. The quantitative estimate of drug-likeness (QED) is 0.852. The highest BCUT2D eigenvalue weighted by molar-refractivity contribution is 8.00. The van der Waals surface area contributed by atoms with Crippen molar-refractivity contribution in [2.24, 2.45) is 0 Å². The van der Waals surface area contributed by atoms with Crippen molar-refractivity contribution in [3.63, 3.8) is 0 Å². The number of hydrogen-bond acceptors (Lipinski definition) is 2. The molecule has 0 saturated carbocycles. The normalized spacial score (nSPS) is 19.2. The minimum Gasteiger partial charge on any atom is -0.337 e. The standard InChI is InChI=1S/C14H16N2S2/c17-14-15-9-13(11-5-2-1-3-6-11)16(14)10-12-7-4-8-18-12/h1-3,5-6,9,12H,4,7-8,10H2,(H,15,17). The molecule has 0 radical (unpaired) electrons. The Morgan fingerprint density at radius 2 is 2.17 bits per heavy atom. The maximum atomic E-state index is 5.41. The lowest BCUT2D eigenvalue weighted by molar-refractivity contribution is 0.636. The lowest BCUT2D eigenvalue weighted by atomic mass is 10.1. The summed E-state index contributed by atoms with van der Waals surface area (Å²) >= 11 is 7.48. The zero-order valence-corrected chi connectivity index (χ0v) is 11.8. The SMILES string of the molecule is S=c1[nH]cc(-c2ccccc2)n1CC1CCCS1. The lowest BCUT2D eigenvalue weighted by Crippen LogP contribution is -2.11. The first kappa shape index (κ1) is 12.1. The van der Waals surface area contributed by atoms with Gasteiger partial charge < -0.3 is 9.55 Å². The van der Waals surface area contributed by atoms with E-state index in [1.54, 1.807) is 0 Å². The van der Waals surface area contributed by atoms with Crippen molar-refractivity contribution in [1.82, 2.24) is 9.55 Å². The third-order valence-corrected chi connectivity index (χ3v) is 5.07. The third-order valence-electron chi connectivity index (χ3n) is 3.35. The summed E-state index contributed by atoms with van der Waals surface area (Å²) in [5.74, 6) is 1.29. The molecule has 1 atom stereocenters. The molecular formula is C14H16N2S2. The molecular weight excluding hydrogens is 260 g/mol. The van der Waals surface area contributed by atoms with Crippen molar-refractivity contribution >= 4 is 24.0 Å². The fourth-order valence-corrected chi connectivity index (χ4v) is 3.90. The summed E-state index contributed by atoms with van der Waals surface area (Å²) in [6, 6.07) is 10.5. The van der Waals surface area contributed by atoms with E-state index >= 15 is 0 Å². The molecule has 94 valence electrons. The highest BCUT2D eigenvalue weighted by atomic mass is 32.2. The molecule has 18 heavy (non-hydrogen) atoms. The summed E-state index contributed by atoms with van der Waals surface area (Å²) in [6.45, 7) is 1.03. The van der Waals surface area contributed by atoms with Crippen LogP contribution in [0.5, 0.6) is 0 Å². The zero-order valence-electron chi connectivity index (χ0n) is 10.1. The minimum atomic E-state index is 0.718. The first-order valence-electron chi connectivity index (χ1n) is 6.30. The summed E-state index contributed by atoms with van der Waals surface area (Å²) < 4.78 is 3.08. The van der Waals surface area contributed by atoms with Crippen LogP contribution in [0.3, 0.4) is 0 Å². The molecule has 1 aromatic heterocycles. The second-order valence-corrected chi connectivity index (χ2v) is 6.39. The topological polar surface area (TPSA) is 20.7 Å². The van der Waals surface area contributed by atoms with Crippen LogP contribution < -0.4 is 0 Å². The Morgan fingerprint density at radius 3 is 2.89 bits per heavy atom. The monoisotopic (exact) mass is 276 g/mol. The molecule has 1 aromatic carbocycles. The summed E-state index contributed by atoms with van der Waals surface area (Å²) in [5, 5.41) is 0.718. The molecule has 1 aliphatic heterocycles. The van der Waals surface area contributed by atoms with Crippen molar-refractivity contribution < 1.29 is 0 Å². The second-order valence-electron chi connectivity index (χ2n) is 4.59. The zero-order chi connectivity index (χ0) is 12.4. The number of nitrogens with zero attached hydrogens (tertiary/aromatic N) is 1. The number of nitrogens with one attached hydrogen (secondary N) is 1. The van der Waals surface area contributed by atoms with Crippen LogP contribution in [0.2, 0.25) is 0 Å². The van der Waals surface area contributed by atoms with Crippen LogP contribution in [-0.2, 0) is 6.54 Å². The fraction of sp³-hybridized carbons (Fsp3) is 0.357. The molecule has 0 bridgehead atoms. The van der Waals surface area contributed by atoms with Gasteiger partial charge in [0.05, 0.1) is 5.69 Å². The predicted octanol–water partition coefficient (Wildman–Crippen LogP) is 4.11. The second kappa shape index (κ2) is 5.33. The van der Waals surface area contributed by atoms with E-state index < -0.39 is 0 Å². The molecule has 2 aromatic rings. The molecule has 0 amide bonds. The van der Waals surface area contributed by atoms with Crippen LogP contribution in [0.15, 0.2) is 36.5 Å². The Morgan fingerprint density at radius 1 is 1.33 bits per heavy atom. The fourth-order valence-electron chi connectivity index (χ4n) is 2.42. The van der Waals surface area contributed by atoms with Crippen LogP contribution in [0, 0.1) is 4.77 Å². The van der Waals surface area contributed by atoms with Crippen molar-refractivity contribution in [3.8, 4) is 11.3 Å². The van der Waals surface area contributed by atoms with Gasteiger partial charge in [-0.15, -0.1) is 0 Å². The molecule has 0 aliphatic carbocycles. The number of hydrogen-bond donors (Lipinski definition) is 1. The smallest absolute Gasteiger partial charge is 0.177 e. The predicted molar refractivity (Wildman–Crippen MR) is 80.5 cm³/mol. The number of benzene rings is 1.